The van der Waals surface area contributed by atoms with E-state index in [0.717, 1.165) is 18.8 Å². The lowest BCUT2D eigenvalue weighted by Gasteiger charge is -2.35. The fourth-order valence-corrected chi connectivity index (χ4v) is 1.75. The minimum atomic E-state index is -0.462. The van der Waals surface area contributed by atoms with E-state index in [4.69, 9.17) is 0 Å². The van der Waals surface area contributed by atoms with Gasteiger partial charge in [0.15, 0.2) is 0 Å². The Morgan fingerprint density at radius 3 is 2.40 bits per heavy atom. The molecule has 86 valence electrons. The molecule has 0 aliphatic heterocycles. The summed E-state index contributed by atoms with van der Waals surface area (Å²) in [5.41, 5.74) is 0. The Balaban J connectivity index is 2.24. The van der Waals surface area contributed by atoms with E-state index in [0.29, 0.717) is 6.04 Å². The molecular formula is C10H19N3O2. The third-order valence-electron chi connectivity index (χ3n) is 2.72. The lowest BCUT2D eigenvalue weighted by Crippen LogP contribution is -2.52. The maximum Gasteiger partial charge on any atom is 0.321 e. The maximum absolute atomic E-state index is 11.4. The Bertz CT molecular complexity index is 249. The lowest BCUT2D eigenvalue weighted by molar-refractivity contribution is -0.122. The summed E-state index contributed by atoms with van der Waals surface area (Å²) in [5.74, 6) is 0.464. The van der Waals surface area contributed by atoms with E-state index in [1.54, 1.807) is 6.92 Å². The zero-order valence-electron chi connectivity index (χ0n) is 9.46. The van der Waals surface area contributed by atoms with Crippen molar-refractivity contribution in [1.29, 1.82) is 0 Å². The predicted octanol–water partition coefficient (Wildman–Crippen LogP) is 0.219. The SMILES string of the molecule is CNC(=O)NC(=O)C(C)NC1CC(C)C1. The van der Waals surface area contributed by atoms with Gasteiger partial charge in [0.1, 0.15) is 0 Å². The average Bonchev–Trinajstić information content (AvgIpc) is 2.15. The van der Waals surface area contributed by atoms with Gasteiger partial charge in [0.05, 0.1) is 6.04 Å². The summed E-state index contributed by atoms with van der Waals surface area (Å²) in [7, 11) is 1.48. The van der Waals surface area contributed by atoms with E-state index in [2.05, 4.69) is 22.9 Å². The third kappa shape index (κ3) is 3.51. The van der Waals surface area contributed by atoms with Gasteiger partial charge in [0.25, 0.3) is 0 Å². The van der Waals surface area contributed by atoms with Crippen LogP contribution in [0, 0.1) is 5.92 Å². The number of hydrogen-bond donors (Lipinski definition) is 3. The van der Waals surface area contributed by atoms with Crippen LogP contribution in [-0.2, 0) is 4.79 Å². The number of imide groups is 1. The molecule has 1 unspecified atom stereocenters. The Morgan fingerprint density at radius 2 is 1.93 bits per heavy atom. The molecule has 0 bridgehead atoms. The molecule has 5 nitrogen and oxygen atoms in total. The number of carbonyl (C=O) groups is 2. The molecule has 0 aromatic carbocycles. The van der Waals surface area contributed by atoms with Gasteiger partial charge in [-0.2, -0.15) is 0 Å². The van der Waals surface area contributed by atoms with Crippen LogP contribution in [0.5, 0.6) is 0 Å². The lowest BCUT2D eigenvalue weighted by atomic mass is 9.81. The van der Waals surface area contributed by atoms with Gasteiger partial charge in [0, 0.05) is 13.1 Å². The van der Waals surface area contributed by atoms with Crippen LogP contribution in [0.3, 0.4) is 0 Å². The van der Waals surface area contributed by atoms with E-state index in [9.17, 15) is 9.59 Å². The van der Waals surface area contributed by atoms with Crippen LogP contribution in [0.4, 0.5) is 4.79 Å². The van der Waals surface area contributed by atoms with Gasteiger partial charge in [-0.15, -0.1) is 0 Å². The molecule has 1 rings (SSSR count). The molecule has 5 heteroatoms. The van der Waals surface area contributed by atoms with Gasteiger partial charge >= 0.3 is 6.03 Å². The molecule has 1 fully saturated rings. The largest absolute Gasteiger partial charge is 0.341 e. The van der Waals surface area contributed by atoms with Crippen LogP contribution in [0.2, 0.25) is 0 Å². The zero-order valence-corrected chi connectivity index (χ0v) is 9.46. The minimum Gasteiger partial charge on any atom is -0.341 e. The van der Waals surface area contributed by atoms with Crippen LogP contribution < -0.4 is 16.0 Å². The highest BCUT2D eigenvalue weighted by atomic mass is 16.2. The number of carbonyl (C=O) groups excluding carboxylic acids is 2. The summed E-state index contributed by atoms with van der Waals surface area (Å²) in [5, 5.41) is 7.77. The van der Waals surface area contributed by atoms with Crippen LogP contribution >= 0.6 is 0 Å². The molecule has 15 heavy (non-hydrogen) atoms. The van der Waals surface area contributed by atoms with Crippen molar-refractivity contribution in [2.45, 2.75) is 38.8 Å². The van der Waals surface area contributed by atoms with Crippen molar-refractivity contribution in [3.8, 4) is 0 Å². The first-order valence-corrected chi connectivity index (χ1v) is 5.31. The van der Waals surface area contributed by atoms with Crippen LogP contribution in [0.15, 0.2) is 0 Å². The van der Waals surface area contributed by atoms with Crippen molar-refractivity contribution >= 4 is 11.9 Å². The van der Waals surface area contributed by atoms with Gasteiger partial charge in [-0.05, 0) is 25.7 Å². The van der Waals surface area contributed by atoms with E-state index < -0.39 is 6.03 Å². The van der Waals surface area contributed by atoms with Gasteiger partial charge < -0.3 is 10.6 Å². The van der Waals surface area contributed by atoms with Gasteiger partial charge in [-0.25, -0.2) is 4.79 Å². The van der Waals surface area contributed by atoms with Crippen molar-refractivity contribution in [2.24, 2.45) is 5.92 Å². The van der Waals surface area contributed by atoms with Crippen LogP contribution in [0.1, 0.15) is 26.7 Å². The summed E-state index contributed by atoms with van der Waals surface area (Å²) in [6.07, 6.45) is 2.22. The second kappa shape index (κ2) is 5.11. The van der Waals surface area contributed by atoms with Gasteiger partial charge in [-0.3, -0.25) is 10.1 Å². The zero-order chi connectivity index (χ0) is 11.4. The first kappa shape index (κ1) is 12.0. The second-order valence-corrected chi connectivity index (χ2v) is 4.23. The Morgan fingerprint density at radius 1 is 1.33 bits per heavy atom. The Labute approximate surface area is 90.0 Å². The highest BCUT2D eigenvalue weighted by molar-refractivity contribution is 5.96. The topological polar surface area (TPSA) is 70.2 Å². The molecule has 0 radical (unpaired) electrons. The van der Waals surface area contributed by atoms with Crippen LogP contribution in [-0.4, -0.2) is 31.1 Å². The Hall–Kier alpha value is -1.10. The van der Waals surface area contributed by atoms with Crippen LogP contribution in [0.25, 0.3) is 0 Å². The molecule has 3 N–H and O–H groups in total. The van der Waals surface area contributed by atoms with E-state index in [-0.39, 0.29) is 11.9 Å². The quantitative estimate of drug-likeness (QED) is 0.628. The van der Waals surface area contributed by atoms with Crippen molar-refractivity contribution in [3.05, 3.63) is 0 Å². The van der Waals surface area contributed by atoms with Crippen molar-refractivity contribution in [2.75, 3.05) is 7.05 Å². The fraction of sp³-hybridized carbons (Fsp3) is 0.800. The molecular weight excluding hydrogens is 194 g/mol. The van der Waals surface area contributed by atoms with Crippen molar-refractivity contribution < 1.29 is 9.59 Å². The summed E-state index contributed by atoms with van der Waals surface area (Å²) in [6, 6.07) is -0.360. The Kier molecular flexibility index (Phi) is 4.08. The second-order valence-electron chi connectivity index (χ2n) is 4.23. The minimum absolute atomic E-state index is 0.283. The first-order chi connectivity index (χ1) is 7.02. The van der Waals surface area contributed by atoms with Crippen molar-refractivity contribution in [1.82, 2.24) is 16.0 Å². The summed E-state index contributed by atoms with van der Waals surface area (Å²) >= 11 is 0. The molecule has 1 aliphatic carbocycles. The highest BCUT2D eigenvalue weighted by Gasteiger charge is 2.28. The van der Waals surface area contributed by atoms with E-state index in [1.807, 2.05) is 0 Å². The summed E-state index contributed by atoms with van der Waals surface area (Å²) in [4.78, 5) is 22.3. The maximum atomic E-state index is 11.4. The number of amides is 3. The molecule has 1 saturated carbocycles. The number of urea groups is 1. The molecule has 0 spiro atoms. The molecule has 3 amide bonds. The third-order valence-corrected chi connectivity index (χ3v) is 2.72. The average molecular weight is 213 g/mol. The standard InChI is InChI=1S/C10H19N3O2/c1-6-4-8(5-6)12-7(2)9(14)13-10(15)11-3/h6-8,12H,4-5H2,1-3H3,(H2,11,13,14,15). The fourth-order valence-electron chi connectivity index (χ4n) is 1.75. The molecule has 0 heterocycles. The molecule has 0 aromatic heterocycles. The first-order valence-electron chi connectivity index (χ1n) is 5.31. The molecule has 1 aliphatic rings. The number of hydrogen-bond acceptors (Lipinski definition) is 3. The summed E-state index contributed by atoms with van der Waals surface area (Å²) in [6.45, 7) is 3.95. The smallest absolute Gasteiger partial charge is 0.321 e. The number of rotatable bonds is 3. The van der Waals surface area contributed by atoms with Gasteiger partial charge in [-0.1, -0.05) is 6.92 Å². The molecule has 0 saturated heterocycles. The van der Waals surface area contributed by atoms with Crippen molar-refractivity contribution in [3.63, 3.8) is 0 Å². The van der Waals surface area contributed by atoms with E-state index >= 15 is 0 Å². The predicted molar refractivity (Wildman–Crippen MR) is 57.4 cm³/mol. The molecule has 0 aromatic rings. The monoisotopic (exact) mass is 213 g/mol. The summed E-state index contributed by atoms with van der Waals surface area (Å²) < 4.78 is 0. The van der Waals surface area contributed by atoms with Gasteiger partial charge in [0.2, 0.25) is 5.91 Å². The number of nitrogens with one attached hydrogen (secondary N) is 3. The highest BCUT2D eigenvalue weighted by Crippen LogP contribution is 2.26. The normalized spacial score (nSPS) is 26.3. The molecule has 1 atom stereocenters. The van der Waals surface area contributed by atoms with E-state index in [1.165, 1.54) is 7.05 Å².